The number of nitrogens with zero attached hydrogens (tertiary/aromatic N) is 5. The molecule has 4 amide bonds. The molecule has 14 heteroatoms. The highest BCUT2D eigenvalue weighted by Crippen LogP contribution is 2.30. The van der Waals surface area contributed by atoms with Gasteiger partial charge in [-0.3, -0.25) is 24.2 Å². The Morgan fingerprint density at radius 1 is 0.900 bits per heavy atom. The Morgan fingerprint density at radius 3 is 2.22 bits per heavy atom. The number of benzene rings is 2. The normalized spacial score (nSPS) is 20.9. The highest BCUT2D eigenvalue weighted by Gasteiger charge is 2.35. The van der Waals surface area contributed by atoms with E-state index >= 15 is 0 Å². The number of Topliss-reactive ketones (excluding diaryl/α,β-unsaturated/α-hetero) is 1. The number of urea groups is 1. The quantitative estimate of drug-likeness (QED) is 0.265. The summed E-state index contributed by atoms with van der Waals surface area (Å²) in [6.45, 7) is 7.44. The summed E-state index contributed by atoms with van der Waals surface area (Å²) in [6.07, 6.45) is 3.67. The lowest BCUT2D eigenvalue weighted by molar-refractivity contribution is -0.138. The number of ketones is 1. The maximum absolute atomic E-state index is 14.0. The van der Waals surface area contributed by atoms with Gasteiger partial charge in [-0.05, 0) is 62.9 Å². The summed E-state index contributed by atoms with van der Waals surface area (Å²) in [6, 6.07) is 9.98. The van der Waals surface area contributed by atoms with Crippen molar-refractivity contribution in [2.24, 2.45) is 0 Å². The zero-order valence-electron chi connectivity index (χ0n) is 28.7. The molecule has 2 aromatic carbocycles. The standard InChI is InChI=1S/C36H48Cl2N8O4/c1-42-16-18-44(19-17-42)26-7-11-43(12-8-26)23-33(48)40-31(22-32(47)25-20-28(37)34(39)29(38)21-25)35(49)45-13-9-27(10-14-45)46-15-6-24-4-2-3-5-30(24)41-36(46)50/h2-5,20-21,26-27,31H,6-19,22-23,39H2,1H3,(H,40,48)(H,41,50). The van der Waals surface area contributed by atoms with Crippen molar-refractivity contribution in [1.29, 1.82) is 0 Å². The predicted octanol–water partition coefficient (Wildman–Crippen LogP) is 3.43. The number of likely N-dealkylation sites (N-methyl/N-ethyl adjacent to an activating group) is 1. The predicted molar refractivity (Wildman–Crippen MR) is 196 cm³/mol. The maximum Gasteiger partial charge on any atom is 0.322 e. The molecule has 12 nitrogen and oxygen atoms in total. The average molecular weight is 728 g/mol. The van der Waals surface area contributed by atoms with E-state index in [1.807, 2.05) is 29.2 Å². The molecular weight excluding hydrogens is 679 g/mol. The Kier molecular flexibility index (Phi) is 11.8. The third-order valence-corrected chi connectivity index (χ3v) is 11.4. The molecule has 2 aromatic rings. The second-order valence-corrected chi connectivity index (χ2v) is 14.8. The smallest absolute Gasteiger partial charge is 0.322 e. The van der Waals surface area contributed by atoms with Crippen LogP contribution < -0.4 is 16.4 Å². The van der Waals surface area contributed by atoms with Crippen LogP contribution in [0.1, 0.15) is 48.0 Å². The number of anilines is 2. The third kappa shape index (κ3) is 8.71. The second kappa shape index (κ2) is 16.3. The van der Waals surface area contributed by atoms with Gasteiger partial charge in [0.25, 0.3) is 0 Å². The topological polar surface area (TPSA) is 135 Å². The summed E-state index contributed by atoms with van der Waals surface area (Å²) in [4.78, 5) is 64.8. The third-order valence-electron chi connectivity index (χ3n) is 10.8. The molecule has 0 spiro atoms. The van der Waals surface area contributed by atoms with Gasteiger partial charge in [0.15, 0.2) is 5.78 Å². The van der Waals surface area contributed by atoms with E-state index in [0.29, 0.717) is 38.5 Å². The van der Waals surface area contributed by atoms with Gasteiger partial charge in [0.2, 0.25) is 11.8 Å². The fraction of sp³-hybridized carbons (Fsp3) is 0.556. The van der Waals surface area contributed by atoms with Gasteiger partial charge in [-0.25, -0.2) is 4.79 Å². The molecule has 4 aliphatic rings. The number of hydrogen-bond donors (Lipinski definition) is 3. The van der Waals surface area contributed by atoms with Crippen LogP contribution in [0.2, 0.25) is 10.0 Å². The summed E-state index contributed by atoms with van der Waals surface area (Å²) < 4.78 is 0. The van der Waals surface area contributed by atoms with Gasteiger partial charge in [-0.1, -0.05) is 41.4 Å². The largest absolute Gasteiger partial charge is 0.396 e. The highest BCUT2D eigenvalue weighted by molar-refractivity contribution is 6.39. The van der Waals surface area contributed by atoms with Crippen molar-refractivity contribution in [3.8, 4) is 0 Å². The van der Waals surface area contributed by atoms with Gasteiger partial charge < -0.3 is 31.1 Å². The molecule has 4 aliphatic heterocycles. The number of nitrogen functional groups attached to an aromatic ring is 1. The maximum atomic E-state index is 14.0. The van der Waals surface area contributed by atoms with Crippen LogP contribution in [0, 0.1) is 0 Å². The molecule has 270 valence electrons. The first-order valence-electron chi connectivity index (χ1n) is 17.7. The van der Waals surface area contributed by atoms with Crippen LogP contribution in [0.5, 0.6) is 0 Å². The molecule has 0 bridgehead atoms. The van der Waals surface area contributed by atoms with Crippen molar-refractivity contribution in [2.45, 2.75) is 56.7 Å². The fourth-order valence-electron chi connectivity index (χ4n) is 7.68. The van der Waals surface area contributed by atoms with Crippen LogP contribution in [-0.2, 0) is 16.0 Å². The monoisotopic (exact) mass is 726 g/mol. The summed E-state index contributed by atoms with van der Waals surface area (Å²) in [5.41, 5.74) is 8.21. The minimum Gasteiger partial charge on any atom is -0.396 e. The number of hydrogen-bond acceptors (Lipinski definition) is 8. The first kappa shape index (κ1) is 36.4. The van der Waals surface area contributed by atoms with E-state index in [1.54, 1.807) is 4.90 Å². The number of piperazine rings is 1. The number of fused-ring (bicyclic) bond motifs is 1. The van der Waals surface area contributed by atoms with E-state index in [1.165, 1.54) is 12.1 Å². The van der Waals surface area contributed by atoms with Gasteiger partial charge >= 0.3 is 6.03 Å². The molecule has 0 saturated carbocycles. The van der Waals surface area contributed by atoms with E-state index in [-0.39, 0.29) is 63.9 Å². The van der Waals surface area contributed by atoms with E-state index in [9.17, 15) is 19.2 Å². The van der Waals surface area contributed by atoms with Crippen LogP contribution in [0.4, 0.5) is 16.2 Å². The summed E-state index contributed by atoms with van der Waals surface area (Å²) >= 11 is 12.4. The molecule has 50 heavy (non-hydrogen) atoms. The van der Waals surface area contributed by atoms with Crippen LogP contribution in [-0.4, -0.2) is 139 Å². The Hall–Kier alpha value is -3.42. The molecule has 3 saturated heterocycles. The molecule has 3 fully saturated rings. The SMILES string of the molecule is CN1CCN(C2CCN(CC(=O)NC(CC(=O)c3cc(Cl)c(N)c(Cl)c3)C(=O)N3CCC(N4CCc5ccccc5NC4=O)CC3)CC2)CC1. The summed E-state index contributed by atoms with van der Waals surface area (Å²) in [5.74, 6) is -0.992. The lowest BCUT2D eigenvalue weighted by Gasteiger charge is -2.42. The minimum absolute atomic E-state index is 0.0316. The number of nitrogens with one attached hydrogen (secondary N) is 2. The van der Waals surface area contributed by atoms with Gasteiger partial charge in [-0.15, -0.1) is 0 Å². The highest BCUT2D eigenvalue weighted by atomic mass is 35.5. The van der Waals surface area contributed by atoms with E-state index in [2.05, 4.69) is 32.4 Å². The second-order valence-electron chi connectivity index (χ2n) is 14.0. The molecular formula is C36H48Cl2N8O4. The number of carbonyl (C=O) groups is 4. The van der Waals surface area contributed by atoms with Gasteiger partial charge in [0.1, 0.15) is 6.04 Å². The molecule has 4 N–H and O–H groups in total. The van der Waals surface area contributed by atoms with Crippen molar-refractivity contribution in [2.75, 3.05) is 83.5 Å². The van der Waals surface area contributed by atoms with Gasteiger partial charge in [0.05, 0.1) is 22.3 Å². The van der Waals surface area contributed by atoms with Crippen LogP contribution in [0.3, 0.4) is 0 Å². The average Bonchev–Trinajstić information content (AvgIpc) is 3.28. The van der Waals surface area contributed by atoms with Crippen molar-refractivity contribution in [1.82, 2.24) is 29.8 Å². The molecule has 0 aliphatic carbocycles. The molecule has 0 radical (unpaired) electrons. The Balaban J connectivity index is 1.08. The first-order chi connectivity index (χ1) is 24.0. The first-order valence-corrected chi connectivity index (χ1v) is 18.5. The van der Waals surface area contributed by atoms with Crippen LogP contribution >= 0.6 is 23.2 Å². The number of likely N-dealkylation sites (tertiary alicyclic amines) is 2. The number of carbonyl (C=O) groups excluding carboxylic acids is 4. The number of amides is 4. The van der Waals surface area contributed by atoms with E-state index < -0.39 is 6.04 Å². The molecule has 4 heterocycles. The molecule has 1 unspecified atom stereocenters. The van der Waals surface area contributed by atoms with Crippen LogP contribution in [0.25, 0.3) is 0 Å². The lowest BCUT2D eigenvalue weighted by Crippen LogP contribution is -2.56. The fourth-order valence-corrected chi connectivity index (χ4v) is 8.16. The summed E-state index contributed by atoms with van der Waals surface area (Å²) in [7, 11) is 2.15. The Bertz CT molecular complexity index is 1550. The number of piperidine rings is 2. The summed E-state index contributed by atoms with van der Waals surface area (Å²) in [5, 5.41) is 6.24. The molecule has 0 aromatic heterocycles. The van der Waals surface area contributed by atoms with Crippen molar-refractivity contribution < 1.29 is 19.2 Å². The number of nitrogens with two attached hydrogens (primary N) is 1. The van der Waals surface area contributed by atoms with E-state index in [0.717, 1.165) is 69.8 Å². The number of halogens is 2. The van der Waals surface area contributed by atoms with Crippen LogP contribution in [0.15, 0.2) is 36.4 Å². The zero-order valence-corrected chi connectivity index (χ0v) is 30.2. The Morgan fingerprint density at radius 2 is 1.54 bits per heavy atom. The molecule has 1 atom stereocenters. The van der Waals surface area contributed by atoms with Crippen molar-refractivity contribution >= 4 is 58.2 Å². The number of rotatable bonds is 9. The molecule has 6 rings (SSSR count). The van der Waals surface area contributed by atoms with Crippen molar-refractivity contribution in [3.63, 3.8) is 0 Å². The Labute approximate surface area is 304 Å². The van der Waals surface area contributed by atoms with E-state index in [4.69, 9.17) is 28.9 Å². The van der Waals surface area contributed by atoms with Gasteiger partial charge in [0, 0.05) is 88.7 Å². The minimum atomic E-state index is -1.07. The van der Waals surface area contributed by atoms with Crippen molar-refractivity contribution in [3.05, 3.63) is 57.6 Å². The zero-order chi connectivity index (χ0) is 35.4. The lowest BCUT2D eigenvalue weighted by atomic mass is 9.99. The van der Waals surface area contributed by atoms with Gasteiger partial charge in [-0.2, -0.15) is 0 Å². The number of para-hydroxylation sites is 1.